The lowest BCUT2D eigenvalue weighted by atomic mass is 10.1. The highest BCUT2D eigenvalue weighted by molar-refractivity contribution is 8.14. The lowest BCUT2D eigenvalue weighted by Gasteiger charge is -2.30. The van der Waals surface area contributed by atoms with Crippen LogP contribution in [-0.4, -0.2) is 59.3 Å². The number of thioether (sulfide) groups is 1. The highest BCUT2D eigenvalue weighted by Gasteiger charge is 2.42. The Kier molecular flexibility index (Phi) is 7.30. The molecular weight excluding hydrogens is 546 g/mol. The molecule has 0 spiro atoms. The number of carbonyl (C=O) groups excluding carboxylic acids is 3. The van der Waals surface area contributed by atoms with Gasteiger partial charge in [0.25, 0.3) is 5.91 Å². The predicted molar refractivity (Wildman–Crippen MR) is 154 cm³/mol. The van der Waals surface area contributed by atoms with E-state index < -0.39 is 11.9 Å². The van der Waals surface area contributed by atoms with Crippen molar-refractivity contribution in [2.45, 2.75) is 19.0 Å². The summed E-state index contributed by atoms with van der Waals surface area (Å²) in [6, 6.07) is 18.9. The molecule has 0 radical (unpaired) electrons. The largest absolute Gasteiger partial charge is 0.497 e. The molecule has 0 fully saturated rings. The number of benzene rings is 3. The molecule has 1 unspecified atom stereocenters. The molecule has 0 aromatic heterocycles. The molecule has 12 heteroatoms. The van der Waals surface area contributed by atoms with Gasteiger partial charge in [-0.2, -0.15) is 4.99 Å². The molecule has 3 aliphatic heterocycles. The van der Waals surface area contributed by atoms with Gasteiger partial charge in [-0.05, 0) is 54.1 Å². The van der Waals surface area contributed by atoms with Crippen LogP contribution in [0.2, 0.25) is 0 Å². The first kappa shape index (κ1) is 26.4. The van der Waals surface area contributed by atoms with Gasteiger partial charge in [-0.25, -0.2) is 4.99 Å². The minimum atomic E-state index is -0.883. The number of ether oxygens (including phenoxy) is 3. The topological polar surface area (TPSA) is 131 Å². The number of amidine groups is 2. The minimum Gasteiger partial charge on any atom is -0.497 e. The summed E-state index contributed by atoms with van der Waals surface area (Å²) in [4.78, 5) is 49.5. The Hall–Kier alpha value is -4.84. The summed E-state index contributed by atoms with van der Waals surface area (Å²) in [6.45, 7) is 0.426. The van der Waals surface area contributed by atoms with Crippen molar-refractivity contribution in [2.24, 2.45) is 9.98 Å². The van der Waals surface area contributed by atoms with Crippen LogP contribution in [0.3, 0.4) is 0 Å². The van der Waals surface area contributed by atoms with Crippen LogP contribution in [-0.2, 0) is 20.9 Å². The summed E-state index contributed by atoms with van der Waals surface area (Å²) in [5.74, 6) is 1.42. The fraction of sp³-hybridized carbons (Fsp3) is 0.207. The van der Waals surface area contributed by atoms with Crippen molar-refractivity contribution in [2.75, 3.05) is 25.0 Å². The average molecular weight is 572 g/mol. The van der Waals surface area contributed by atoms with E-state index in [4.69, 9.17) is 19.2 Å². The first-order valence-electron chi connectivity index (χ1n) is 12.8. The Bertz CT molecular complexity index is 1590. The van der Waals surface area contributed by atoms with Gasteiger partial charge in [0, 0.05) is 17.8 Å². The number of hydrogen-bond acceptors (Lipinski definition) is 9. The van der Waals surface area contributed by atoms with E-state index >= 15 is 0 Å². The molecule has 2 N–H and O–H groups in total. The second-order valence-corrected chi connectivity index (χ2v) is 10.2. The second kappa shape index (κ2) is 11.3. The Labute approximate surface area is 239 Å². The van der Waals surface area contributed by atoms with Gasteiger partial charge in [0.1, 0.15) is 17.6 Å². The molecule has 3 aromatic rings. The smallest absolute Gasteiger partial charge is 0.271 e. The Balaban J connectivity index is 1.14. The van der Waals surface area contributed by atoms with Gasteiger partial charge in [-0.15, -0.1) is 0 Å². The molecule has 3 aromatic carbocycles. The fourth-order valence-corrected chi connectivity index (χ4v) is 5.45. The van der Waals surface area contributed by atoms with E-state index in [9.17, 15) is 14.4 Å². The Morgan fingerprint density at radius 2 is 1.83 bits per heavy atom. The molecule has 3 aliphatic rings. The zero-order chi connectivity index (χ0) is 28.3. The van der Waals surface area contributed by atoms with E-state index in [1.807, 2.05) is 36.4 Å². The fourth-order valence-electron chi connectivity index (χ4n) is 4.60. The van der Waals surface area contributed by atoms with Gasteiger partial charge in [0.05, 0.1) is 25.0 Å². The van der Waals surface area contributed by atoms with E-state index in [0.717, 1.165) is 5.56 Å². The first-order valence-corrected chi connectivity index (χ1v) is 13.8. The molecule has 0 aliphatic carbocycles. The number of nitrogens with one attached hydrogen (secondary N) is 2. The molecule has 3 heterocycles. The van der Waals surface area contributed by atoms with Crippen molar-refractivity contribution in [1.29, 1.82) is 0 Å². The zero-order valence-electron chi connectivity index (χ0n) is 22.0. The van der Waals surface area contributed by atoms with Gasteiger partial charge in [-0.1, -0.05) is 30.0 Å². The maximum absolute atomic E-state index is 13.1. The number of carbonyl (C=O) groups is 3. The number of hydrogen-bond donors (Lipinski definition) is 2. The van der Waals surface area contributed by atoms with Crippen LogP contribution >= 0.6 is 11.8 Å². The Morgan fingerprint density at radius 1 is 1.02 bits per heavy atom. The standard InChI is InChI=1S/C29H25N5O6S/c1-38-19-9-7-18(8-10-19)31-26(36)15-41-29-32-21-5-3-2-4-20(21)27-33-28(37)22(34(27)29)13-25(35)30-14-17-6-11-23-24(12-17)40-16-39-23/h2-12,22H,13-16H2,1H3,(H,30,35)(H,31,36). The Morgan fingerprint density at radius 3 is 2.66 bits per heavy atom. The van der Waals surface area contributed by atoms with Crippen LogP contribution in [0.25, 0.3) is 0 Å². The molecule has 1 atom stereocenters. The number of para-hydroxylation sites is 1. The number of nitrogens with zero attached hydrogens (tertiary/aromatic N) is 3. The number of rotatable bonds is 8. The van der Waals surface area contributed by atoms with Gasteiger partial charge < -0.3 is 24.8 Å². The number of fused-ring (bicyclic) bond motifs is 4. The van der Waals surface area contributed by atoms with Crippen LogP contribution in [0.4, 0.5) is 11.4 Å². The number of methoxy groups -OCH3 is 1. The predicted octanol–water partition coefficient (Wildman–Crippen LogP) is 3.46. The lowest BCUT2D eigenvalue weighted by molar-refractivity contribution is -0.126. The monoisotopic (exact) mass is 571 g/mol. The van der Waals surface area contributed by atoms with E-state index in [-0.39, 0.29) is 37.3 Å². The molecular formula is C29H25N5O6S. The summed E-state index contributed by atoms with van der Waals surface area (Å²) in [6.07, 6.45) is -0.129. The van der Waals surface area contributed by atoms with Crippen molar-refractivity contribution >= 4 is 51.9 Å². The highest BCUT2D eigenvalue weighted by Crippen LogP contribution is 2.35. The molecule has 3 amide bonds. The van der Waals surface area contributed by atoms with Crippen molar-refractivity contribution < 1.29 is 28.6 Å². The molecule has 0 saturated heterocycles. The van der Waals surface area contributed by atoms with E-state index in [1.54, 1.807) is 42.3 Å². The maximum Gasteiger partial charge on any atom is 0.271 e. The van der Waals surface area contributed by atoms with E-state index in [0.29, 0.717) is 45.2 Å². The molecule has 41 heavy (non-hydrogen) atoms. The summed E-state index contributed by atoms with van der Waals surface area (Å²) in [5.41, 5.74) is 2.80. The van der Waals surface area contributed by atoms with Crippen molar-refractivity contribution in [1.82, 2.24) is 10.2 Å². The van der Waals surface area contributed by atoms with E-state index in [2.05, 4.69) is 15.6 Å². The normalized spacial score (nSPS) is 16.4. The van der Waals surface area contributed by atoms with Gasteiger partial charge in [0.2, 0.25) is 18.6 Å². The summed E-state index contributed by atoms with van der Waals surface area (Å²) < 4.78 is 15.9. The third-order valence-corrected chi connectivity index (χ3v) is 7.57. The van der Waals surface area contributed by atoms with Crippen molar-refractivity contribution in [3.63, 3.8) is 0 Å². The van der Waals surface area contributed by atoms with Crippen LogP contribution in [0, 0.1) is 0 Å². The minimum absolute atomic E-state index is 0.0357. The van der Waals surface area contributed by atoms with Crippen LogP contribution in [0.5, 0.6) is 17.2 Å². The zero-order valence-corrected chi connectivity index (χ0v) is 22.8. The van der Waals surface area contributed by atoms with Gasteiger partial charge >= 0.3 is 0 Å². The molecule has 208 valence electrons. The average Bonchev–Trinajstić information content (AvgIpc) is 3.59. The maximum atomic E-state index is 13.1. The third kappa shape index (κ3) is 5.59. The molecule has 0 saturated carbocycles. The van der Waals surface area contributed by atoms with Gasteiger partial charge in [-0.3, -0.25) is 19.3 Å². The van der Waals surface area contributed by atoms with Crippen LogP contribution < -0.4 is 24.8 Å². The van der Waals surface area contributed by atoms with Crippen molar-refractivity contribution in [3.8, 4) is 17.2 Å². The van der Waals surface area contributed by atoms with Gasteiger partial charge in [0.15, 0.2) is 16.7 Å². The quantitative estimate of drug-likeness (QED) is 0.420. The SMILES string of the molecule is COc1ccc(NC(=O)CSC2=Nc3ccccc3C3=NC(=O)C(CC(=O)NCc4ccc5c(c4)OCO5)N23)cc1. The second-order valence-electron chi connectivity index (χ2n) is 9.30. The number of anilines is 1. The molecule has 11 nitrogen and oxygen atoms in total. The third-order valence-electron chi connectivity index (χ3n) is 6.62. The highest BCUT2D eigenvalue weighted by atomic mass is 32.2. The number of aliphatic imine (C=N–C) groups is 2. The first-order chi connectivity index (χ1) is 20.0. The lowest BCUT2D eigenvalue weighted by Crippen LogP contribution is -2.46. The summed E-state index contributed by atoms with van der Waals surface area (Å²) in [5, 5.41) is 6.14. The van der Waals surface area contributed by atoms with Crippen molar-refractivity contribution in [3.05, 3.63) is 77.9 Å². The molecule has 0 bridgehead atoms. The summed E-state index contributed by atoms with van der Waals surface area (Å²) >= 11 is 1.18. The number of amides is 3. The molecule has 6 rings (SSSR count). The summed E-state index contributed by atoms with van der Waals surface area (Å²) in [7, 11) is 1.57. The van der Waals surface area contributed by atoms with Crippen LogP contribution in [0.1, 0.15) is 17.5 Å². The van der Waals surface area contributed by atoms with Crippen LogP contribution in [0.15, 0.2) is 76.7 Å². The van der Waals surface area contributed by atoms with E-state index in [1.165, 1.54) is 11.8 Å².